The third kappa shape index (κ3) is 1.90. The molecule has 0 unspecified atom stereocenters. The quantitative estimate of drug-likeness (QED) is 0.617. The van der Waals surface area contributed by atoms with Gasteiger partial charge in [0.1, 0.15) is 0 Å². The van der Waals surface area contributed by atoms with Gasteiger partial charge in [-0.15, -0.1) is 0 Å². The number of aromatic nitrogens is 2. The molecule has 0 saturated carbocycles. The predicted molar refractivity (Wildman–Crippen MR) is 40.6 cm³/mol. The molecule has 0 amide bonds. The Hall–Kier alpha value is -1.13. The van der Waals surface area contributed by atoms with Crippen molar-refractivity contribution in [3.63, 3.8) is 0 Å². The summed E-state index contributed by atoms with van der Waals surface area (Å²) in [5, 5.41) is 0. The Labute approximate surface area is 65.2 Å². The summed E-state index contributed by atoms with van der Waals surface area (Å²) in [4.78, 5) is 17.5. The molecule has 0 fully saturated rings. The van der Waals surface area contributed by atoms with E-state index in [-0.39, 0.29) is 5.82 Å². The van der Waals surface area contributed by atoms with Crippen molar-refractivity contribution in [2.75, 3.05) is 6.61 Å². The van der Waals surface area contributed by atoms with Crippen LogP contribution in [-0.2, 0) is 4.74 Å². The first-order chi connectivity index (χ1) is 5.24. The Bertz CT molecular complexity index is 259. The van der Waals surface area contributed by atoms with Crippen LogP contribution in [0, 0.1) is 6.92 Å². The fraction of sp³-hybridized carbons (Fsp3) is 0.500. The number of carbonyl (C=O) groups excluding carboxylic acids is 1. The molecule has 0 saturated heterocycles. The second-order valence-corrected chi connectivity index (χ2v) is 2.11. The normalized spacial score (nSPS) is 9.27. The molecular weight excluding hydrogens is 143 g/mol. The molecule has 1 aromatic heterocycles. The fourth-order valence-electron chi connectivity index (χ4n) is 0.718. The summed E-state index contributed by atoms with van der Waals surface area (Å²) in [6, 6.07) is 0. The first-order valence-corrected chi connectivity index (χ1v) is 3.43. The second kappa shape index (κ2) is 3.32. The summed E-state index contributed by atoms with van der Waals surface area (Å²) in [7, 11) is 1.66. The zero-order chi connectivity index (χ0) is 8.27. The van der Waals surface area contributed by atoms with Crippen molar-refractivity contribution in [1.29, 1.82) is 0 Å². The number of aromatic amines is 1. The molecule has 0 aliphatic rings. The van der Waals surface area contributed by atoms with E-state index in [1.165, 1.54) is 0 Å². The maximum absolute atomic E-state index is 10.9. The predicted octanol–water partition coefficient (Wildman–Crippen LogP) is 0.233. The van der Waals surface area contributed by atoms with Crippen molar-refractivity contribution in [3.05, 3.63) is 11.4 Å². The van der Waals surface area contributed by atoms with Gasteiger partial charge < -0.3 is 0 Å². The third-order valence-electron chi connectivity index (χ3n) is 1.17. The molecule has 0 aromatic carbocycles. The summed E-state index contributed by atoms with van der Waals surface area (Å²) < 4.78 is 4.71. The van der Waals surface area contributed by atoms with E-state index in [1.54, 1.807) is 20.9 Å². The Morgan fingerprint density at radius 2 is 2.55 bits per heavy atom. The minimum absolute atomic E-state index is 0.268. The van der Waals surface area contributed by atoms with Crippen LogP contribution in [-0.4, -0.2) is 29.5 Å². The number of nitrogens with one attached hydrogen (secondary N) is 1. The van der Waals surface area contributed by atoms with Crippen LogP contribution in [0.3, 0.4) is 0 Å². The van der Waals surface area contributed by atoms with E-state index in [9.17, 15) is 4.79 Å². The summed E-state index contributed by atoms with van der Waals surface area (Å²) in [6.45, 7) is 3.94. The summed E-state index contributed by atoms with van der Waals surface area (Å²) in [6.07, 6.45) is 0. The summed E-state index contributed by atoms with van der Waals surface area (Å²) >= 11 is 0. The van der Waals surface area contributed by atoms with Gasteiger partial charge in [0.15, 0.2) is 0 Å². The van der Waals surface area contributed by atoms with E-state index in [4.69, 9.17) is 4.74 Å². The Balaban J connectivity index is 2.69. The molecule has 0 aliphatic carbocycles. The van der Waals surface area contributed by atoms with Crippen LogP contribution in [0.15, 0.2) is 0 Å². The number of hydrogen-bond donors (Lipinski definition) is 1. The van der Waals surface area contributed by atoms with Crippen LogP contribution in [0.1, 0.15) is 23.1 Å². The molecular formula is C6H9BN2O2. The summed E-state index contributed by atoms with van der Waals surface area (Å²) in [5.41, 5.74) is 0.785. The maximum atomic E-state index is 10.9. The molecule has 1 aromatic rings. The van der Waals surface area contributed by atoms with Gasteiger partial charge in [0.2, 0.25) is 0 Å². The molecule has 0 spiro atoms. The molecule has 1 N–H and O–H groups in total. The summed E-state index contributed by atoms with van der Waals surface area (Å²) in [5.74, 6) is -0.134. The van der Waals surface area contributed by atoms with Crippen molar-refractivity contribution in [1.82, 2.24) is 9.88 Å². The van der Waals surface area contributed by atoms with Gasteiger partial charge in [-0.05, 0) is 0 Å². The Morgan fingerprint density at radius 3 is 3.00 bits per heavy atom. The van der Waals surface area contributed by atoms with Crippen LogP contribution in [0.25, 0.3) is 0 Å². The first-order valence-electron chi connectivity index (χ1n) is 3.43. The van der Waals surface area contributed by atoms with Gasteiger partial charge in [-0.2, -0.15) is 0 Å². The number of nitrogens with zero attached hydrogens (tertiary/aromatic N) is 1. The number of esters is 1. The van der Waals surface area contributed by atoms with Gasteiger partial charge in [0.25, 0.3) is 0 Å². The Kier molecular flexibility index (Phi) is 2.41. The molecule has 1 heterocycles. The van der Waals surface area contributed by atoms with Gasteiger partial charge in [-0.1, -0.05) is 0 Å². The first kappa shape index (κ1) is 7.98. The van der Waals surface area contributed by atoms with E-state index in [0.29, 0.717) is 6.61 Å². The number of ether oxygens (including phenoxy) is 1. The topological polar surface area (TPSA) is 55.0 Å². The van der Waals surface area contributed by atoms with Crippen LogP contribution in [0.5, 0.6) is 0 Å². The van der Waals surface area contributed by atoms with Crippen molar-refractivity contribution < 1.29 is 9.53 Å². The molecule has 5 heteroatoms. The van der Waals surface area contributed by atoms with E-state index < -0.39 is 5.97 Å². The molecule has 0 atom stereocenters. The number of hydrogen-bond acceptors (Lipinski definition) is 3. The van der Waals surface area contributed by atoms with Gasteiger partial charge >= 0.3 is 64.3 Å². The van der Waals surface area contributed by atoms with Gasteiger partial charge in [0, 0.05) is 0 Å². The molecule has 11 heavy (non-hydrogen) atoms. The number of H-pyrrole nitrogens is 1. The molecule has 0 bridgehead atoms. The van der Waals surface area contributed by atoms with E-state index >= 15 is 0 Å². The number of aryl methyl sites for hydroxylation is 1. The molecule has 0 radical (unpaired) electrons. The van der Waals surface area contributed by atoms with Crippen LogP contribution < -0.4 is 0 Å². The zero-order valence-electron chi connectivity index (χ0n) is 6.55. The van der Waals surface area contributed by atoms with E-state index in [1.807, 2.05) is 0 Å². The molecule has 58 valence electrons. The third-order valence-corrected chi connectivity index (χ3v) is 1.17. The monoisotopic (exact) mass is 152 g/mol. The minimum atomic E-state index is -0.402. The van der Waals surface area contributed by atoms with Crippen LogP contribution in [0.4, 0.5) is 0 Å². The zero-order valence-corrected chi connectivity index (χ0v) is 6.55. The second-order valence-electron chi connectivity index (χ2n) is 2.11. The van der Waals surface area contributed by atoms with E-state index in [2.05, 4.69) is 9.88 Å². The van der Waals surface area contributed by atoms with E-state index in [0.717, 1.165) is 5.59 Å². The van der Waals surface area contributed by atoms with Crippen molar-refractivity contribution in [2.45, 2.75) is 13.8 Å². The number of carbonyl (C=O) groups is 1. The Morgan fingerprint density at radius 1 is 1.82 bits per heavy atom. The standard InChI is InChI=1S/C6H9BN2O2/c1-3-11-6(10)5-8-4(2)7-9-5/h3H2,1-2H3,(H,8,9). The van der Waals surface area contributed by atoms with Gasteiger partial charge in [-0.25, -0.2) is 0 Å². The molecule has 0 aliphatic heterocycles. The molecule has 4 nitrogen and oxygen atoms in total. The van der Waals surface area contributed by atoms with Crippen LogP contribution >= 0.6 is 0 Å². The van der Waals surface area contributed by atoms with Crippen molar-refractivity contribution >= 4 is 13.0 Å². The van der Waals surface area contributed by atoms with Crippen molar-refractivity contribution in [3.8, 4) is 0 Å². The fourth-order valence-corrected chi connectivity index (χ4v) is 0.718. The van der Waals surface area contributed by atoms with Crippen molar-refractivity contribution in [2.24, 2.45) is 0 Å². The molecule has 1 rings (SSSR count). The average Bonchev–Trinajstić information content (AvgIpc) is 2.36. The van der Waals surface area contributed by atoms with Gasteiger partial charge in [-0.3, -0.25) is 0 Å². The SMILES string of the molecule is CCOC(=O)c1nc(C)b[nH]1. The van der Waals surface area contributed by atoms with Crippen LogP contribution in [0.2, 0.25) is 0 Å². The van der Waals surface area contributed by atoms with Gasteiger partial charge in [0.05, 0.1) is 0 Å². The average molecular weight is 152 g/mol. The number of rotatable bonds is 2.